The van der Waals surface area contributed by atoms with Gasteiger partial charge in [-0.05, 0) is 36.5 Å². The minimum Gasteiger partial charge on any atom is -0.478 e. The molecule has 0 saturated heterocycles. The van der Waals surface area contributed by atoms with Gasteiger partial charge in [-0.1, -0.05) is 26.3 Å². The Morgan fingerprint density at radius 3 is 2.70 bits per heavy atom. The van der Waals surface area contributed by atoms with E-state index in [4.69, 9.17) is 5.11 Å². The Bertz CT molecular complexity index is 526. The van der Waals surface area contributed by atoms with Gasteiger partial charge >= 0.3 is 12.0 Å². The molecule has 1 atom stereocenters. The molecule has 0 aromatic heterocycles. The van der Waals surface area contributed by atoms with Gasteiger partial charge in [0.15, 0.2) is 0 Å². The summed E-state index contributed by atoms with van der Waals surface area (Å²) in [6.07, 6.45) is 3.20. The van der Waals surface area contributed by atoms with Crippen molar-refractivity contribution in [2.45, 2.75) is 39.2 Å². The fourth-order valence-corrected chi connectivity index (χ4v) is 2.65. The van der Waals surface area contributed by atoms with Crippen molar-refractivity contribution in [3.8, 4) is 0 Å². The molecule has 0 spiro atoms. The summed E-state index contributed by atoms with van der Waals surface area (Å²) in [7, 11) is 0. The number of hydrogen-bond acceptors (Lipinski definition) is 2. The number of anilines is 1. The molecule has 0 heterocycles. The fraction of sp³-hybridized carbons (Fsp3) is 0.467. The van der Waals surface area contributed by atoms with Crippen molar-refractivity contribution in [3.63, 3.8) is 0 Å². The summed E-state index contributed by atoms with van der Waals surface area (Å²) in [5.74, 6) is -1.01. The van der Waals surface area contributed by atoms with E-state index in [-0.39, 0.29) is 23.1 Å². The Balaban J connectivity index is 1.98. The minimum absolute atomic E-state index is 0.111. The maximum atomic E-state index is 12.0. The van der Waals surface area contributed by atoms with Gasteiger partial charge < -0.3 is 15.7 Å². The van der Waals surface area contributed by atoms with Crippen LogP contribution in [0.2, 0.25) is 0 Å². The first-order valence-electron chi connectivity index (χ1n) is 6.79. The number of benzene rings is 1. The standard InChI is InChI=1S/C15H20N2O3/c1-15(2)8-4-7-12(15)17-14(20)16-11-6-3-5-10(9-11)13(18)19/h3,5-6,9,12H,4,7-8H2,1-2H3,(H,18,19)(H2,16,17,20). The zero-order chi connectivity index (χ0) is 14.8. The Kier molecular flexibility index (Phi) is 3.97. The average molecular weight is 276 g/mol. The lowest BCUT2D eigenvalue weighted by molar-refractivity contribution is 0.0697. The van der Waals surface area contributed by atoms with Crippen molar-refractivity contribution < 1.29 is 14.7 Å². The molecule has 1 aliphatic rings. The SMILES string of the molecule is CC1(C)CCCC1NC(=O)Nc1cccc(C(=O)O)c1. The molecule has 1 aromatic rings. The highest BCUT2D eigenvalue weighted by Crippen LogP contribution is 2.37. The van der Waals surface area contributed by atoms with Gasteiger partial charge in [0.1, 0.15) is 0 Å². The average Bonchev–Trinajstić information content (AvgIpc) is 2.69. The summed E-state index contributed by atoms with van der Waals surface area (Å²) >= 11 is 0. The van der Waals surface area contributed by atoms with Gasteiger partial charge in [-0.15, -0.1) is 0 Å². The monoisotopic (exact) mass is 276 g/mol. The van der Waals surface area contributed by atoms with Crippen LogP contribution in [0.15, 0.2) is 24.3 Å². The van der Waals surface area contributed by atoms with Crippen molar-refractivity contribution in [3.05, 3.63) is 29.8 Å². The van der Waals surface area contributed by atoms with Crippen molar-refractivity contribution in [2.75, 3.05) is 5.32 Å². The highest BCUT2D eigenvalue weighted by molar-refractivity contribution is 5.93. The molecule has 1 aliphatic carbocycles. The molecule has 0 radical (unpaired) electrons. The van der Waals surface area contributed by atoms with Crippen molar-refractivity contribution in [1.82, 2.24) is 5.32 Å². The fourth-order valence-electron chi connectivity index (χ4n) is 2.65. The van der Waals surface area contributed by atoms with E-state index in [1.165, 1.54) is 12.1 Å². The number of carboxylic acid groups (broad SMARTS) is 1. The Morgan fingerprint density at radius 1 is 1.35 bits per heavy atom. The summed E-state index contributed by atoms with van der Waals surface area (Å²) in [4.78, 5) is 22.8. The van der Waals surface area contributed by atoms with Gasteiger partial charge in [0.25, 0.3) is 0 Å². The maximum Gasteiger partial charge on any atom is 0.335 e. The molecule has 20 heavy (non-hydrogen) atoms. The number of urea groups is 1. The second-order valence-corrected chi connectivity index (χ2v) is 5.92. The van der Waals surface area contributed by atoms with Gasteiger partial charge in [-0.25, -0.2) is 9.59 Å². The second-order valence-electron chi connectivity index (χ2n) is 5.92. The molecular formula is C15H20N2O3. The molecule has 1 fully saturated rings. The van der Waals surface area contributed by atoms with Crippen LogP contribution in [-0.2, 0) is 0 Å². The van der Waals surface area contributed by atoms with Crippen LogP contribution in [0, 0.1) is 5.41 Å². The number of rotatable bonds is 3. The van der Waals surface area contributed by atoms with Gasteiger partial charge in [0.05, 0.1) is 5.56 Å². The molecule has 108 valence electrons. The lowest BCUT2D eigenvalue weighted by atomic mass is 9.87. The van der Waals surface area contributed by atoms with Crippen LogP contribution in [0.1, 0.15) is 43.5 Å². The van der Waals surface area contributed by atoms with E-state index in [1.54, 1.807) is 12.1 Å². The highest BCUT2D eigenvalue weighted by Gasteiger charge is 2.35. The number of nitrogens with one attached hydrogen (secondary N) is 2. The van der Waals surface area contributed by atoms with Gasteiger partial charge in [0.2, 0.25) is 0 Å². The van der Waals surface area contributed by atoms with E-state index in [1.807, 2.05) is 0 Å². The first-order chi connectivity index (χ1) is 9.38. The summed E-state index contributed by atoms with van der Waals surface area (Å²) in [5, 5.41) is 14.6. The number of hydrogen-bond donors (Lipinski definition) is 3. The third-order valence-electron chi connectivity index (χ3n) is 3.93. The molecule has 2 amide bonds. The smallest absolute Gasteiger partial charge is 0.335 e. The second kappa shape index (κ2) is 5.53. The van der Waals surface area contributed by atoms with E-state index < -0.39 is 5.97 Å². The normalized spacial score (nSPS) is 20.4. The highest BCUT2D eigenvalue weighted by atomic mass is 16.4. The first-order valence-corrected chi connectivity index (χ1v) is 6.79. The summed E-state index contributed by atoms with van der Waals surface area (Å²) in [6, 6.07) is 6.09. The van der Waals surface area contributed by atoms with E-state index in [0.29, 0.717) is 5.69 Å². The first kappa shape index (κ1) is 14.4. The molecule has 0 bridgehead atoms. The van der Waals surface area contributed by atoms with Crippen LogP contribution in [0.4, 0.5) is 10.5 Å². The van der Waals surface area contributed by atoms with E-state index in [9.17, 15) is 9.59 Å². The third kappa shape index (κ3) is 3.29. The zero-order valence-corrected chi connectivity index (χ0v) is 11.8. The van der Waals surface area contributed by atoms with Crippen molar-refractivity contribution in [2.24, 2.45) is 5.41 Å². The lowest BCUT2D eigenvalue weighted by Gasteiger charge is -2.27. The van der Waals surface area contributed by atoms with Crippen LogP contribution >= 0.6 is 0 Å². The van der Waals surface area contributed by atoms with Crippen LogP contribution in [0.3, 0.4) is 0 Å². The molecule has 1 saturated carbocycles. The Morgan fingerprint density at radius 2 is 2.10 bits per heavy atom. The molecule has 5 nitrogen and oxygen atoms in total. The summed E-state index contributed by atoms with van der Waals surface area (Å²) < 4.78 is 0. The zero-order valence-electron chi connectivity index (χ0n) is 11.8. The van der Waals surface area contributed by atoms with Crippen LogP contribution in [0.25, 0.3) is 0 Å². The number of carboxylic acids is 1. The van der Waals surface area contributed by atoms with Gasteiger partial charge in [-0.2, -0.15) is 0 Å². The molecule has 3 N–H and O–H groups in total. The number of amides is 2. The molecular weight excluding hydrogens is 256 g/mol. The van der Waals surface area contributed by atoms with Crippen molar-refractivity contribution in [1.29, 1.82) is 0 Å². The quantitative estimate of drug-likeness (QED) is 0.793. The predicted molar refractivity (Wildman–Crippen MR) is 77.0 cm³/mol. The molecule has 1 unspecified atom stereocenters. The van der Waals surface area contributed by atoms with Gasteiger partial charge in [-0.3, -0.25) is 0 Å². The Hall–Kier alpha value is -2.04. The minimum atomic E-state index is -1.01. The predicted octanol–water partition coefficient (Wildman–Crippen LogP) is 3.09. The number of carbonyl (C=O) groups excluding carboxylic acids is 1. The molecule has 1 aromatic carbocycles. The topological polar surface area (TPSA) is 78.4 Å². The van der Waals surface area contributed by atoms with Crippen molar-refractivity contribution >= 4 is 17.7 Å². The third-order valence-corrected chi connectivity index (χ3v) is 3.93. The van der Waals surface area contributed by atoms with Crippen LogP contribution < -0.4 is 10.6 Å². The maximum absolute atomic E-state index is 12.0. The largest absolute Gasteiger partial charge is 0.478 e. The summed E-state index contributed by atoms with van der Waals surface area (Å²) in [5.41, 5.74) is 0.752. The molecule has 0 aliphatic heterocycles. The molecule has 5 heteroatoms. The summed E-state index contributed by atoms with van der Waals surface area (Å²) in [6.45, 7) is 4.30. The number of carbonyl (C=O) groups is 2. The van der Waals surface area contributed by atoms with E-state index in [0.717, 1.165) is 19.3 Å². The lowest BCUT2D eigenvalue weighted by Crippen LogP contribution is -2.43. The molecule has 2 rings (SSSR count). The van der Waals surface area contributed by atoms with Crippen LogP contribution in [-0.4, -0.2) is 23.1 Å². The van der Waals surface area contributed by atoms with Crippen LogP contribution in [0.5, 0.6) is 0 Å². The van der Waals surface area contributed by atoms with Gasteiger partial charge in [0, 0.05) is 11.7 Å². The number of aromatic carboxylic acids is 1. The Labute approximate surface area is 118 Å². The van der Waals surface area contributed by atoms with E-state index >= 15 is 0 Å². The van der Waals surface area contributed by atoms with E-state index in [2.05, 4.69) is 24.5 Å².